The highest BCUT2D eigenvalue weighted by molar-refractivity contribution is 6.31. The fraction of sp³-hybridized carbons (Fsp3) is 0.222. The summed E-state index contributed by atoms with van der Waals surface area (Å²) < 4.78 is 10.7. The van der Waals surface area contributed by atoms with Gasteiger partial charge in [0.25, 0.3) is 11.8 Å². The van der Waals surface area contributed by atoms with Crippen LogP contribution in [0.5, 0.6) is 11.5 Å². The van der Waals surface area contributed by atoms with Crippen molar-refractivity contribution in [1.29, 1.82) is 0 Å². The van der Waals surface area contributed by atoms with Crippen LogP contribution in [0, 0.1) is 0 Å². The van der Waals surface area contributed by atoms with E-state index in [-0.39, 0.29) is 24.8 Å². The molecule has 1 unspecified atom stereocenters. The van der Waals surface area contributed by atoms with E-state index < -0.39 is 11.9 Å². The molecule has 1 aliphatic rings. The summed E-state index contributed by atoms with van der Waals surface area (Å²) >= 11 is 5.96. The van der Waals surface area contributed by atoms with Crippen LogP contribution in [0.4, 0.5) is 5.69 Å². The number of carbonyl (C=O) groups is 3. The molecule has 0 saturated carbocycles. The first kappa shape index (κ1) is 24.3. The van der Waals surface area contributed by atoms with Crippen LogP contribution in [0.15, 0.2) is 72.8 Å². The molecule has 3 amide bonds. The highest BCUT2D eigenvalue weighted by Crippen LogP contribution is 2.30. The van der Waals surface area contributed by atoms with E-state index in [9.17, 15) is 14.4 Å². The van der Waals surface area contributed by atoms with Gasteiger partial charge in [-0.3, -0.25) is 14.4 Å². The summed E-state index contributed by atoms with van der Waals surface area (Å²) in [6.07, 6.45) is 0.365. The molecule has 1 fully saturated rings. The topological polar surface area (TPSA) is 76.2 Å². The van der Waals surface area contributed by atoms with E-state index in [1.807, 2.05) is 18.2 Å². The second-order valence-electron chi connectivity index (χ2n) is 8.07. The molecule has 1 aliphatic heterocycles. The van der Waals surface area contributed by atoms with Gasteiger partial charge in [-0.25, -0.2) is 4.90 Å². The Morgan fingerprint density at radius 1 is 0.971 bits per heavy atom. The lowest BCUT2D eigenvalue weighted by Gasteiger charge is -2.28. The number of methoxy groups -OCH3 is 2. The van der Waals surface area contributed by atoms with Gasteiger partial charge in [-0.05, 0) is 60.5 Å². The number of rotatable bonds is 8. The van der Waals surface area contributed by atoms with Gasteiger partial charge in [0, 0.05) is 17.1 Å². The molecule has 0 radical (unpaired) electrons. The zero-order chi connectivity index (χ0) is 24.9. The highest BCUT2D eigenvalue weighted by Gasteiger charge is 2.44. The maximum absolute atomic E-state index is 13.5. The van der Waals surface area contributed by atoms with Crippen LogP contribution in [0.3, 0.4) is 0 Å². The summed E-state index contributed by atoms with van der Waals surface area (Å²) in [7, 11) is 3.12. The van der Waals surface area contributed by atoms with Crippen LogP contribution >= 0.6 is 11.6 Å². The number of benzene rings is 3. The molecule has 35 heavy (non-hydrogen) atoms. The molecular formula is C27H25ClN2O5. The molecule has 7 nitrogen and oxygen atoms in total. The molecular weight excluding hydrogens is 468 g/mol. The van der Waals surface area contributed by atoms with Crippen molar-refractivity contribution >= 4 is 35.0 Å². The third-order valence-corrected chi connectivity index (χ3v) is 6.21. The third kappa shape index (κ3) is 5.15. The van der Waals surface area contributed by atoms with Crippen molar-refractivity contribution in [3.63, 3.8) is 0 Å². The minimum absolute atomic E-state index is 0.0913. The Bertz CT molecular complexity index is 1230. The fourth-order valence-corrected chi connectivity index (χ4v) is 4.28. The van der Waals surface area contributed by atoms with Crippen LogP contribution in [-0.4, -0.2) is 49.4 Å². The van der Waals surface area contributed by atoms with Gasteiger partial charge < -0.3 is 14.4 Å². The van der Waals surface area contributed by atoms with E-state index in [1.54, 1.807) is 68.8 Å². The van der Waals surface area contributed by atoms with Crippen molar-refractivity contribution in [2.45, 2.75) is 18.9 Å². The van der Waals surface area contributed by atoms with Crippen LogP contribution in [-0.2, 0) is 16.0 Å². The van der Waals surface area contributed by atoms with Crippen LogP contribution in [0.25, 0.3) is 0 Å². The summed E-state index contributed by atoms with van der Waals surface area (Å²) in [5.41, 5.74) is 1.78. The number of hydrogen-bond donors (Lipinski definition) is 0. The Labute approximate surface area is 208 Å². The molecule has 1 heterocycles. The molecule has 3 aromatic rings. The average molecular weight is 493 g/mol. The lowest BCUT2D eigenvalue weighted by atomic mass is 10.1. The number of carbonyl (C=O) groups excluding carboxylic acids is 3. The molecule has 180 valence electrons. The number of nitrogens with zero attached hydrogens (tertiary/aromatic N) is 2. The summed E-state index contributed by atoms with van der Waals surface area (Å²) in [6.45, 7) is 0.237. The lowest BCUT2D eigenvalue weighted by molar-refractivity contribution is -0.122. The van der Waals surface area contributed by atoms with Gasteiger partial charge in [0.05, 0.1) is 26.3 Å². The molecule has 0 aromatic heterocycles. The zero-order valence-corrected chi connectivity index (χ0v) is 20.2. The second-order valence-corrected chi connectivity index (χ2v) is 8.50. The van der Waals surface area contributed by atoms with E-state index in [0.29, 0.717) is 34.2 Å². The summed E-state index contributed by atoms with van der Waals surface area (Å²) in [6, 6.07) is 19.8. The molecule has 0 bridgehead atoms. The van der Waals surface area contributed by atoms with Crippen molar-refractivity contribution in [3.8, 4) is 11.5 Å². The predicted molar refractivity (Wildman–Crippen MR) is 133 cm³/mol. The molecule has 4 rings (SSSR count). The zero-order valence-electron chi connectivity index (χ0n) is 19.4. The number of amides is 3. The highest BCUT2D eigenvalue weighted by atomic mass is 35.5. The Morgan fingerprint density at radius 3 is 2.31 bits per heavy atom. The van der Waals surface area contributed by atoms with Crippen molar-refractivity contribution in [2.75, 3.05) is 25.7 Å². The Balaban J connectivity index is 1.62. The smallest absolute Gasteiger partial charge is 0.257 e. The van der Waals surface area contributed by atoms with Gasteiger partial charge in [0.2, 0.25) is 5.91 Å². The van der Waals surface area contributed by atoms with Gasteiger partial charge in [-0.2, -0.15) is 0 Å². The lowest BCUT2D eigenvalue weighted by Crippen LogP contribution is -2.46. The quantitative estimate of drug-likeness (QED) is 0.436. The average Bonchev–Trinajstić information content (AvgIpc) is 3.18. The van der Waals surface area contributed by atoms with Crippen LogP contribution < -0.4 is 14.4 Å². The number of imide groups is 1. The van der Waals surface area contributed by atoms with E-state index in [2.05, 4.69) is 0 Å². The van der Waals surface area contributed by atoms with Crippen molar-refractivity contribution in [2.24, 2.45) is 0 Å². The van der Waals surface area contributed by atoms with E-state index in [4.69, 9.17) is 21.1 Å². The number of hydrogen-bond acceptors (Lipinski definition) is 5. The molecule has 8 heteroatoms. The standard InChI is InChI=1S/C27H25ClN2O5/c1-34-23-13-8-18(16-24(23)35-2)14-15-29(26(32)19-6-4-3-5-7-19)22-17-25(31)30(27(22)33)21-11-9-20(28)10-12-21/h3-13,16,22H,14-15,17H2,1-2H3. The van der Waals surface area contributed by atoms with Crippen molar-refractivity contribution in [1.82, 2.24) is 4.90 Å². The first-order valence-electron chi connectivity index (χ1n) is 11.1. The first-order valence-corrected chi connectivity index (χ1v) is 11.5. The second kappa shape index (κ2) is 10.6. The summed E-state index contributed by atoms with van der Waals surface area (Å²) in [5.74, 6) is 0.0685. The van der Waals surface area contributed by atoms with Gasteiger partial charge in [-0.15, -0.1) is 0 Å². The van der Waals surface area contributed by atoms with E-state index in [1.165, 1.54) is 4.90 Å². The minimum Gasteiger partial charge on any atom is -0.493 e. The predicted octanol–water partition coefficient (Wildman–Crippen LogP) is 4.37. The Kier molecular flexibility index (Phi) is 7.36. The van der Waals surface area contributed by atoms with Crippen LogP contribution in [0.1, 0.15) is 22.3 Å². The third-order valence-electron chi connectivity index (χ3n) is 5.95. The molecule has 1 atom stereocenters. The van der Waals surface area contributed by atoms with Crippen LogP contribution in [0.2, 0.25) is 5.02 Å². The fourth-order valence-electron chi connectivity index (χ4n) is 4.15. The van der Waals surface area contributed by atoms with Gasteiger partial charge in [-0.1, -0.05) is 35.9 Å². The number of anilines is 1. The molecule has 0 spiro atoms. The van der Waals surface area contributed by atoms with Gasteiger partial charge in [0.1, 0.15) is 6.04 Å². The maximum Gasteiger partial charge on any atom is 0.257 e. The SMILES string of the molecule is COc1ccc(CCN(C(=O)c2ccccc2)C2CC(=O)N(c3ccc(Cl)cc3)C2=O)cc1OC. The Morgan fingerprint density at radius 2 is 1.66 bits per heavy atom. The molecule has 3 aromatic carbocycles. The number of halogens is 1. The normalized spacial score (nSPS) is 15.3. The minimum atomic E-state index is -0.911. The van der Waals surface area contributed by atoms with Crippen molar-refractivity contribution in [3.05, 3.63) is 88.9 Å². The van der Waals surface area contributed by atoms with Gasteiger partial charge >= 0.3 is 0 Å². The largest absolute Gasteiger partial charge is 0.493 e. The molecule has 0 N–H and O–H groups in total. The monoisotopic (exact) mass is 492 g/mol. The van der Waals surface area contributed by atoms with E-state index in [0.717, 1.165) is 10.5 Å². The molecule has 1 saturated heterocycles. The van der Waals surface area contributed by atoms with E-state index >= 15 is 0 Å². The molecule has 0 aliphatic carbocycles. The summed E-state index contributed by atoms with van der Waals surface area (Å²) in [5, 5.41) is 0.500. The van der Waals surface area contributed by atoms with Gasteiger partial charge in [0.15, 0.2) is 11.5 Å². The Hall–Kier alpha value is -3.84. The summed E-state index contributed by atoms with van der Waals surface area (Å²) in [4.78, 5) is 42.4. The maximum atomic E-state index is 13.5. The first-order chi connectivity index (χ1) is 16.9. The number of ether oxygens (including phenoxy) is 2. The van der Waals surface area contributed by atoms with Crippen molar-refractivity contribution < 1.29 is 23.9 Å².